The minimum atomic E-state index is -0.480. The van der Waals surface area contributed by atoms with Crippen molar-refractivity contribution in [1.82, 2.24) is 30.2 Å². The SMILES string of the molecule is CCN(CC)C(=O)CN(C)CCn1cc(C(=O)NN)nn1. The zero-order valence-corrected chi connectivity index (χ0v) is 12.7. The van der Waals surface area contributed by atoms with Gasteiger partial charge in [0.05, 0.1) is 19.3 Å². The van der Waals surface area contributed by atoms with Crippen LogP contribution in [-0.2, 0) is 11.3 Å². The lowest BCUT2D eigenvalue weighted by Crippen LogP contribution is -2.39. The van der Waals surface area contributed by atoms with Gasteiger partial charge in [-0.15, -0.1) is 5.10 Å². The van der Waals surface area contributed by atoms with Crippen molar-refractivity contribution in [3.05, 3.63) is 11.9 Å². The van der Waals surface area contributed by atoms with Crippen molar-refractivity contribution in [3.63, 3.8) is 0 Å². The van der Waals surface area contributed by atoms with E-state index < -0.39 is 5.91 Å². The number of hydrogen-bond donors (Lipinski definition) is 2. The molecule has 3 N–H and O–H groups in total. The second kappa shape index (κ2) is 8.32. The first-order valence-electron chi connectivity index (χ1n) is 6.89. The highest BCUT2D eigenvalue weighted by Crippen LogP contribution is 1.95. The van der Waals surface area contributed by atoms with Gasteiger partial charge in [0.25, 0.3) is 5.91 Å². The quantitative estimate of drug-likeness (QED) is 0.350. The lowest BCUT2D eigenvalue weighted by Gasteiger charge is -2.22. The van der Waals surface area contributed by atoms with E-state index in [0.717, 1.165) is 0 Å². The summed E-state index contributed by atoms with van der Waals surface area (Å²) in [4.78, 5) is 26.9. The van der Waals surface area contributed by atoms with Gasteiger partial charge >= 0.3 is 0 Å². The van der Waals surface area contributed by atoms with Crippen molar-refractivity contribution in [3.8, 4) is 0 Å². The predicted octanol–water partition coefficient (Wildman–Crippen LogP) is -1.32. The Bertz CT molecular complexity index is 470. The van der Waals surface area contributed by atoms with Crippen molar-refractivity contribution in [1.29, 1.82) is 0 Å². The molecule has 1 aromatic heterocycles. The van der Waals surface area contributed by atoms with E-state index in [-0.39, 0.29) is 11.6 Å². The van der Waals surface area contributed by atoms with Crippen LogP contribution in [0, 0.1) is 0 Å². The molecule has 0 aliphatic rings. The van der Waals surface area contributed by atoms with Crippen LogP contribution < -0.4 is 11.3 Å². The molecule has 0 spiro atoms. The molecule has 118 valence electrons. The number of rotatable bonds is 8. The van der Waals surface area contributed by atoms with Crippen LogP contribution >= 0.6 is 0 Å². The minimum absolute atomic E-state index is 0.101. The average molecular weight is 297 g/mol. The summed E-state index contributed by atoms with van der Waals surface area (Å²) < 4.78 is 1.54. The number of likely N-dealkylation sites (N-methyl/N-ethyl adjacent to an activating group) is 2. The summed E-state index contributed by atoms with van der Waals surface area (Å²) in [5.41, 5.74) is 2.16. The van der Waals surface area contributed by atoms with E-state index in [1.807, 2.05) is 31.2 Å². The maximum atomic E-state index is 11.9. The van der Waals surface area contributed by atoms with Gasteiger partial charge < -0.3 is 4.90 Å². The molecule has 0 fully saturated rings. The van der Waals surface area contributed by atoms with Gasteiger partial charge in [-0.1, -0.05) is 5.21 Å². The second-order valence-corrected chi connectivity index (χ2v) is 4.64. The number of amides is 2. The number of nitrogen functional groups attached to an aromatic ring is 1. The Hall–Kier alpha value is -2.00. The van der Waals surface area contributed by atoms with Crippen LogP contribution in [-0.4, -0.2) is 69.8 Å². The second-order valence-electron chi connectivity index (χ2n) is 4.64. The number of hydrogen-bond acceptors (Lipinski definition) is 6. The molecule has 0 bridgehead atoms. The molecule has 9 nitrogen and oxygen atoms in total. The van der Waals surface area contributed by atoms with E-state index in [9.17, 15) is 9.59 Å². The van der Waals surface area contributed by atoms with Crippen LogP contribution in [0.5, 0.6) is 0 Å². The Morgan fingerprint density at radius 1 is 1.38 bits per heavy atom. The molecule has 0 radical (unpaired) electrons. The van der Waals surface area contributed by atoms with Crippen molar-refractivity contribution >= 4 is 11.8 Å². The number of aromatic nitrogens is 3. The topological polar surface area (TPSA) is 109 Å². The van der Waals surface area contributed by atoms with E-state index in [1.54, 1.807) is 9.58 Å². The normalized spacial score (nSPS) is 10.7. The number of nitrogens with one attached hydrogen (secondary N) is 1. The first-order valence-corrected chi connectivity index (χ1v) is 6.89. The van der Waals surface area contributed by atoms with Crippen LogP contribution in [0.25, 0.3) is 0 Å². The molecular formula is C12H23N7O2. The van der Waals surface area contributed by atoms with Crippen LogP contribution in [0.3, 0.4) is 0 Å². The summed E-state index contributed by atoms with van der Waals surface area (Å²) in [6.07, 6.45) is 1.52. The lowest BCUT2D eigenvalue weighted by atomic mass is 10.4. The maximum Gasteiger partial charge on any atom is 0.287 e. The molecule has 0 saturated heterocycles. The fourth-order valence-corrected chi connectivity index (χ4v) is 1.85. The molecule has 2 amide bonds. The Balaban J connectivity index is 2.42. The fraction of sp³-hybridized carbons (Fsp3) is 0.667. The van der Waals surface area contributed by atoms with Gasteiger partial charge in [0.15, 0.2) is 5.69 Å². The lowest BCUT2D eigenvalue weighted by molar-refractivity contribution is -0.131. The highest BCUT2D eigenvalue weighted by atomic mass is 16.2. The zero-order chi connectivity index (χ0) is 15.8. The fourth-order valence-electron chi connectivity index (χ4n) is 1.85. The molecule has 0 atom stereocenters. The molecule has 0 saturated carbocycles. The van der Waals surface area contributed by atoms with Crippen LogP contribution in [0.2, 0.25) is 0 Å². The Morgan fingerprint density at radius 2 is 2.05 bits per heavy atom. The summed E-state index contributed by atoms with van der Waals surface area (Å²) in [5, 5.41) is 7.54. The molecular weight excluding hydrogens is 274 g/mol. The monoisotopic (exact) mass is 297 g/mol. The van der Waals surface area contributed by atoms with Crippen LogP contribution in [0.1, 0.15) is 24.3 Å². The van der Waals surface area contributed by atoms with Crippen molar-refractivity contribution in [2.75, 3.05) is 33.2 Å². The number of hydrazine groups is 1. The summed E-state index contributed by atoms with van der Waals surface area (Å²) in [6, 6.07) is 0. The Kier molecular flexibility index (Phi) is 6.76. The van der Waals surface area contributed by atoms with Crippen LogP contribution in [0.4, 0.5) is 0 Å². The Labute approximate surface area is 124 Å². The van der Waals surface area contributed by atoms with Crippen molar-refractivity contribution in [2.24, 2.45) is 5.84 Å². The number of nitrogens with zero attached hydrogens (tertiary/aromatic N) is 5. The van der Waals surface area contributed by atoms with E-state index >= 15 is 0 Å². The minimum Gasteiger partial charge on any atom is -0.342 e. The highest BCUT2D eigenvalue weighted by Gasteiger charge is 2.13. The molecule has 9 heteroatoms. The standard InChI is InChI=1S/C12H23N7O2/c1-4-18(5-2)11(20)9-17(3)6-7-19-8-10(15-16-19)12(21)14-13/h8H,4-7,9,13H2,1-3H3,(H,14,21). The van der Waals surface area contributed by atoms with Gasteiger partial charge in [0.1, 0.15) is 0 Å². The molecule has 21 heavy (non-hydrogen) atoms. The van der Waals surface area contributed by atoms with Gasteiger partial charge in [-0.2, -0.15) is 0 Å². The zero-order valence-electron chi connectivity index (χ0n) is 12.7. The third-order valence-corrected chi connectivity index (χ3v) is 3.13. The van der Waals surface area contributed by atoms with Crippen molar-refractivity contribution < 1.29 is 9.59 Å². The van der Waals surface area contributed by atoms with Gasteiger partial charge in [0.2, 0.25) is 5.91 Å². The predicted molar refractivity (Wildman–Crippen MR) is 77.1 cm³/mol. The number of nitrogens with two attached hydrogens (primary N) is 1. The van der Waals surface area contributed by atoms with E-state index in [2.05, 4.69) is 10.3 Å². The van der Waals surface area contributed by atoms with E-state index in [4.69, 9.17) is 5.84 Å². The molecule has 1 heterocycles. The van der Waals surface area contributed by atoms with Crippen molar-refractivity contribution in [2.45, 2.75) is 20.4 Å². The number of carbonyl (C=O) groups is 2. The van der Waals surface area contributed by atoms with E-state index in [1.165, 1.54) is 6.20 Å². The highest BCUT2D eigenvalue weighted by molar-refractivity contribution is 5.91. The Morgan fingerprint density at radius 3 is 2.62 bits per heavy atom. The molecule has 0 aromatic carbocycles. The van der Waals surface area contributed by atoms with Gasteiger partial charge in [0, 0.05) is 19.6 Å². The first kappa shape index (κ1) is 17.1. The average Bonchev–Trinajstić information content (AvgIpc) is 2.94. The largest absolute Gasteiger partial charge is 0.342 e. The van der Waals surface area contributed by atoms with Gasteiger partial charge in [-0.05, 0) is 20.9 Å². The summed E-state index contributed by atoms with van der Waals surface area (Å²) in [6.45, 7) is 6.86. The first-order chi connectivity index (χ1) is 10.0. The summed E-state index contributed by atoms with van der Waals surface area (Å²) in [7, 11) is 1.87. The van der Waals surface area contributed by atoms with Crippen LogP contribution in [0.15, 0.2) is 6.20 Å². The molecule has 0 unspecified atom stereocenters. The number of carbonyl (C=O) groups excluding carboxylic acids is 2. The molecule has 1 aromatic rings. The van der Waals surface area contributed by atoms with Gasteiger partial charge in [-0.3, -0.25) is 24.6 Å². The third-order valence-electron chi connectivity index (χ3n) is 3.13. The van der Waals surface area contributed by atoms with E-state index in [0.29, 0.717) is 32.7 Å². The molecule has 0 aliphatic heterocycles. The smallest absolute Gasteiger partial charge is 0.287 e. The van der Waals surface area contributed by atoms with Gasteiger partial charge in [-0.25, -0.2) is 5.84 Å². The summed E-state index contributed by atoms with van der Waals surface area (Å²) >= 11 is 0. The molecule has 1 rings (SSSR count). The maximum absolute atomic E-state index is 11.9. The molecule has 0 aliphatic carbocycles. The summed E-state index contributed by atoms with van der Waals surface area (Å²) in [5.74, 6) is 4.64. The third kappa shape index (κ3) is 5.12.